The molecule has 0 aliphatic rings. The van der Waals surface area contributed by atoms with Gasteiger partial charge in [0.25, 0.3) is 0 Å². The Morgan fingerprint density at radius 3 is 2.59 bits per heavy atom. The second-order valence-electron chi connectivity index (χ2n) is 4.00. The smallest absolute Gasteiger partial charge is 0.0978 e. The maximum absolute atomic E-state index is 9.14. The van der Waals surface area contributed by atoms with Gasteiger partial charge in [-0.15, -0.1) is 0 Å². The number of nitrogens with zero attached hydrogens (tertiary/aromatic N) is 2. The molecule has 17 heavy (non-hydrogen) atoms. The van der Waals surface area contributed by atoms with Gasteiger partial charge in [-0.2, -0.15) is 5.26 Å². The Hall–Kier alpha value is -1.37. The van der Waals surface area contributed by atoms with Gasteiger partial charge in [-0.25, -0.2) is 0 Å². The van der Waals surface area contributed by atoms with Crippen LogP contribution in [-0.4, -0.2) is 31.2 Å². The zero-order valence-electron chi connectivity index (χ0n) is 10.6. The van der Waals surface area contributed by atoms with E-state index < -0.39 is 0 Å². The van der Waals surface area contributed by atoms with Crippen molar-refractivity contribution in [2.75, 3.05) is 20.3 Å². The molecule has 0 spiro atoms. The average Bonchev–Trinajstić information content (AvgIpc) is 2.38. The van der Waals surface area contributed by atoms with Crippen LogP contribution in [0.15, 0.2) is 30.3 Å². The third-order valence-electron chi connectivity index (χ3n) is 2.79. The maximum Gasteiger partial charge on any atom is 0.0978 e. The number of methoxy groups -OCH3 is 1. The Kier molecular flexibility index (Phi) is 6.31. The molecular weight excluding hydrogens is 212 g/mol. The van der Waals surface area contributed by atoms with Gasteiger partial charge in [0, 0.05) is 20.2 Å². The molecular formula is C14H20N2O. The standard InChI is InChI=1S/C14H20N2O/c1-3-14(11-15)16(9-10-17-2)12-13-7-5-4-6-8-13/h4-8,14H,3,9-10,12H2,1-2H3. The molecule has 0 heterocycles. The van der Waals surface area contributed by atoms with E-state index in [-0.39, 0.29) is 6.04 Å². The molecule has 0 saturated carbocycles. The van der Waals surface area contributed by atoms with E-state index >= 15 is 0 Å². The third-order valence-corrected chi connectivity index (χ3v) is 2.79. The predicted molar refractivity (Wildman–Crippen MR) is 68.4 cm³/mol. The highest BCUT2D eigenvalue weighted by Gasteiger charge is 2.15. The highest BCUT2D eigenvalue weighted by molar-refractivity contribution is 5.15. The first kappa shape index (κ1) is 13.7. The van der Waals surface area contributed by atoms with E-state index in [4.69, 9.17) is 10.00 Å². The molecule has 0 radical (unpaired) electrons. The Bertz CT molecular complexity index is 345. The molecule has 3 nitrogen and oxygen atoms in total. The lowest BCUT2D eigenvalue weighted by Gasteiger charge is -2.26. The first-order valence-corrected chi connectivity index (χ1v) is 5.98. The fourth-order valence-corrected chi connectivity index (χ4v) is 1.80. The molecule has 1 rings (SSSR count). The normalized spacial score (nSPS) is 12.4. The molecule has 92 valence electrons. The average molecular weight is 232 g/mol. The van der Waals surface area contributed by atoms with Crippen LogP contribution in [-0.2, 0) is 11.3 Å². The molecule has 1 unspecified atom stereocenters. The SMILES string of the molecule is CCC(C#N)N(CCOC)Cc1ccccc1. The summed E-state index contributed by atoms with van der Waals surface area (Å²) in [7, 11) is 1.69. The minimum Gasteiger partial charge on any atom is -0.383 e. The van der Waals surface area contributed by atoms with Crippen LogP contribution in [0, 0.1) is 11.3 Å². The van der Waals surface area contributed by atoms with E-state index in [9.17, 15) is 0 Å². The zero-order chi connectivity index (χ0) is 12.5. The number of hydrogen-bond donors (Lipinski definition) is 0. The Balaban J connectivity index is 2.66. The lowest BCUT2D eigenvalue weighted by atomic mass is 10.1. The predicted octanol–water partition coefficient (Wildman–Crippen LogP) is 2.44. The van der Waals surface area contributed by atoms with Crippen LogP contribution in [0.3, 0.4) is 0 Å². The molecule has 3 heteroatoms. The largest absolute Gasteiger partial charge is 0.383 e. The summed E-state index contributed by atoms with van der Waals surface area (Å²) in [6.07, 6.45) is 0.840. The van der Waals surface area contributed by atoms with E-state index in [1.807, 2.05) is 25.1 Å². The molecule has 1 aromatic carbocycles. The summed E-state index contributed by atoms with van der Waals surface area (Å²) in [5, 5.41) is 9.14. The first-order chi connectivity index (χ1) is 8.31. The number of nitriles is 1. The Morgan fingerprint density at radius 2 is 2.06 bits per heavy atom. The van der Waals surface area contributed by atoms with Gasteiger partial charge in [0.05, 0.1) is 18.7 Å². The molecule has 0 aliphatic carbocycles. The van der Waals surface area contributed by atoms with Gasteiger partial charge in [0.2, 0.25) is 0 Å². The lowest BCUT2D eigenvalue weighted by molar-refractivity contribution is 0.128. The second kappa shape index (κ2) is 7.83. The van der Waals surface area contributed by atoms with Gasteiger partial charge >= 0.3 is 0 Å². The van der Waals surface area contributed by atoms with Crippen molar-refractivity contribution in [2.45, 2.75) is 25.9 Å². The number of ether oxygens (including phenoxy) is 1. The summed E-state index contributed by atoms with van der Waals surface area (Å²) in [5.41, 5.74) is 1.23. The van der Waals surface area contributed by atoms with Crippen molar-refractivity contribution in [1.29, 1.82) is 5.26 Å². The Labute approximate surface area is 104 Å². The van der Waals surface area contributed by atoms with E-state index in [1.54, 1.807) is 7.11 Å². The summed E-state index contributed by atoms with van der Waals surface area (Å²) < 4.78 is 5.10. The fraction of sp³-hybridized carbons (Fsp3) is 0.500. The molecule has 0 N–H and O–H groups in total. The van der Waals surface area contributed by atoms with E-state index in [0.29, 0.717) is 6.61 Å². The number of rotatable bonds is 7. The van der Waals surface area contributed by atoms with Gasteiger partial charge < -0.3 is 4.74 Å². The molecule has 1 aromatic rings. The molecule has 0 saturated heterocycles. The quantitative estimate of drug-likeness (QED) is 0.724. The van der Waals surface area contributed by atoms with E-state index in [2.05, 4.69) is 23.1 Å². The molecule has 0 fully saturated rings. The molecule has 0 bridgehead atoms. The van der Waals surface area contributed by atoms with Crippen LogP contribution in [0.1, 0.15) is 18.9 Å². The summed E-state index contributed by atoms with van der Waals surface area (Å²) >= 11 is 0. The monoisotopic (exact) mass is 232 g/mol. The van der Waals surface area contributed by atoms with Crippen LogP contribution in [0.4, 0.5) is 0 Å². The van der Waals surface area contributed by atoms with Gasteiger partial charge in [-0.3, -0.25) is 4.90 Å². The second-order valence-corrected chi connectivity index (χ2v) is 4.00. The summed E-state index contributed by atoms with van der Waals surface area (Å²) in [6.45, 7) is 4.29. The van der Waals surface area contributed by atoms with E-state index in [0.717, 1.165) is 19.5 Å². The molecule has 0 amide bonds. The molecule has 0 aliphatic heterocycles. The van der Waals surface area contributed by atoms with Crippen molar-refractivity contribution in [3.05, 3.63) is 35.9 Å². The number of benzene rings is 1. The van der Waals surface area contributed by atoms with Crippen LogP contribution in [0.25, 0.3) is 0 Å². The maximum atomic E-state index is 9.14. The molecule has 1 atom stereocenters. The van der Waals surface area contributed by atoms with Crippen molar-refractivity contribution in [2.24, 2.45) is 0 Å². The highest BCUT2D eigenvalue weighted by atomic mass is 16.5. The minimum atomic E-state index is -0.0367. The topological polar surface area (TPSA) is 36.3 Å². The zero-order valence-corrected chi connectivity index (χ0v) is 10.6. The van der Waals surface area contributed by atoms with Gasteiger partial charge in [-0.1, -0.05) is 37.3 Å². The first-order valence-electron chi connectivity index (χ1n) is 5.98. The third kappa shape index (κ3) is 4.56. The minimum absolute atomic E-state index is 0.0367. The van der Waals surface area contributed by atoms with Gasteiger partial charge in [0.1, 0.15) is 0 Å². The summed E-state index contributed by atoms with van der Waals surface area (Å²) in [6, 6.07) is 12.5. The summed E-state index contributed by atoms with van der Waals surface area (Å²) in [5.74, 6) is 0. The van der Waals surface area contributed by atoms with Crippen molar-refractivity contribution in [3.63, 3.8) is 0 Å². The van der Waals surface area contributed by atoms with Crippen molar-refractivity contribution < 1.29 is 4.74 Å². The highest BCUT2D eigenvalue weighted by Crippen LogP contribution is 2.10. The van der Waals surface area contributed by atoms with Crippen LogP contribution >= 0.6 is 0 Å². The number of hydrogen-bond acceptors (Lipinski definition) is 3. The van der Waals surface area contributed by atoms with Crippen molar-refractivity contribution >= 4 is 0 Å². The lowest BCUT2D eigenvalue weighted by Crippen LogP contribution is -2.35. The van der Waals surface area contributed by atoms with Crippen LogP contribution < -0.4 is 0 Å². The molecule has 0 aromatic heterocycles. The van der Waals surface area contributed by atoms with Gasteiger partial charge in [0.15, 0.2) is 0 Å². The van der Waals surface area contributed by atoms with Crippen LogP contribution in [0.5, 0.6) is 0 Å². The Morgan fingerprint density at radius 1 is 1.35 bits per heavy atom. The van der Waals surface area contributed by atoms with Crippen LogP contribution in [0.2, 0.25) is 0 Å². The van der Waals surface area contributed by atoms with Crippen molar-refractivity contribution in [1.82, 2.24) is 4.90 Å². The van der Waals surface area contributed by atoms with Crippen molar-refractivity contribution in [3.8, 4) is 6.07 Å². The van der Waals surface area contributed by atoms with Gasteiger partial charge in [-0.05, 0) is 12.0 Å². The van der Waals surface area contributed by atoms with E-state index in [1.165, 1.54) is 5.56 Å². The summed E-state index contributed by atoms with van der Waals surface area (Å²) in [4.78, 5) is 2.17. The fourth-order valence-electron chi connectivity index (χ4n) is 1.80.